The minimum Gasteiger partial charge on any atom is -0.352 e. The first-order valence-electron chi connectivity index (χ1n) is 10.8. The highest BCUT2D eigenvalue weighted by molar-refractivity contribution is 7.32. The highest BCUT2D eigenvalue weighted by Gasteiger charge is 2.41. The summed E-state index contributed by atoms with van der Waals surface area (Å²) in [4.78, 5) is 45.7. The topological polar surface area (TPSA) is 152 Å². The molecule has 1 aliphatic rings. The number of aromatic nitrogens is 4. The molecule has 3 rings (SSSR count). The van der Waals surface area contributed by atoms with Crippen LogP contribution in [0.3, 0.4) is 0 Å². The first-order valence-corrected chi connectivity index (χ1v) is 12.0. The molecule has 0 bridgehead atoms. The normalized spacial score (nSPS) is 21.3. The zero-order valence-electron chi connectivity index (χ0n) is 19.4. The lowest BCUT2D eigenvalue weighted by Gasteiger charge is -2.19. The van der Waals surface area contributed by atoms with Crippen LogP contribution in [0.4, 0.5) is 10.3 Å². The van der Waals surface area contributed by atoms with Crippen molar-refractivity contribution in [3.63, 3.8) is 0 Å². The molecule has 0 aromatic carbocycles. The molecule has 2 aromatic rings. The number of halogens is 1. The second-order valence-corrected chi connectivity index (χ2v) is 8.36. The van der Waals surface area contributed by atoms with Crippen LogP contribution in [0, 0.1) is 5.92 Å². The number of hydrogen-bond acceptors (Lipinski definition) is 8. The number of ether oxygens (including phenoxy) is 1. The van der Waals surface area contributed by atoms with Gasteiger partial charge in [0.15, 0.2) is 23.6 Å². The average molecular weight is 490 g/mol. The van der Waals surface area contributed by atoms with Crippen LogP contribution in [0.25, 0.3) is 11.2 Å². The maximum Gasteiger partial charge on any atom is 0.317 e. The molecule has 4 unspecified atom stereocenters. The van der Waals surface area contributed by atoms with E-state index in [4.69, 9.17) is 14.2 Å². The molecule has 186 valence electrons. The van der Waals surface area contributed by atoms with E-state index in [1.165, 1.54) is 30.5 Å². The summed E-state index contributed by atoms with van der Waals surface area (Å²) in [5.74, 6) is -0.808. The molecule has 1 saturated heterocycles. The lowest BCUT2D eigenvalue weighted by molar-refractivity contribution is -0.118. The monoisotopic (exact) mass is 490 g/mol. The first kappa shape index (κ1) is 27.1. The Morgan fingerprint density at radius 3 is 2.58 bits per heavy atom. The van der Waals surface area contributed by atoms with E-state index in [1.807, 2.05) is 0 Å². The van der Waals surface area contributed by atoms with Crippen molar-refractivity contribution >= 4 is 31.3 Å². The zero-order valence-corrected chi connectivity index (χ0v) is 20.4. The summed E-state index contributed by atoms with van der Waals surface area (Å²) in [6, 6.07) is 0. The van der Waals surface area contributed by atoms with Crippen LogP contribution in [-0.4, -0.2) is 73.7 Å². The number of carbonyl (C=O) groups excluding carboxylic acids is 1. The van der Waals surface area contributed by atoms with Gasteiger partial charge in [0.2, 0.25) is 11.9 Å². The van der Waals surface area contributed by atoms with Crippen LogP contribution >= 0.6 is 8.25 Å². The summed E-state index contributed by atoms with van der Waals surface area (Å²) in [7, 11) is -3.42. The van der Waals surface area contributed by atoms with Gasteiger partial charge in [-0.25, -0.2) is 9.37 Å². The third kappa shape index (κ3) is 6.90. The predicted molar refractivity (Wildman–Crippen MR) is 121 cm³/mol. The van der Waals surface area contributed by atoms with E-state index in [0.717, 1.165) is 0 Å². The Bertz CT molecular complexity index is 1000. The van der Waals surface area contributed by atoms with Crippen LogP contribution < -0.4 is 10.9 Å². The summed E-state index contributed by atoms with van der Waals surface area (Å²) in [5, 5.41) is 2.46. The average Bonchev–Trinajstić information content (AvgIpc) is 3.33. The van der Waals surface area contributed by atoms with Crippen molar-refractivity contribution in [1.82, 2.24) is 24.4 Å². The van der Waals surface area contributed by atoms with Crippen molar-refractivity contribution < 1.29 is 27.9 Å². The number of nitrogens with zero attached hydrogens (tertiary/aromatic N) is 4. The van der Waals surface area contributed by atoms with Crippen LogP contribution in [0.15, 0.2) is 11.1 Å². The van der Waals surface area contributed by atoms with Crippen LogP contribution in [0.2, 0.25) is 0 Å². The Labute approximate surface area is 191 Å². The van der Waals surface area contributed by atoms with E-state index in [1.54, 1.807) is 13.8 Å². The summed E-state index contributed by atoms with van der Waals surface area (Å²) in [5.41, 5.74) is -0.664. The number of alkyl halides is 1. The van der Waals surface area contributed by atoms with Crippen molar-refractivity contribution in [2.45, 2.75) is 53.1 Å². The van der Waals surface area contributed by atoms with Gasteiger partial charge in [0, 0.05) is 5.92 Å². The lowest BCUT2D eigenvalue weighted by Crippen LogP contribution is -2.27. The number of carbonyl (C=O) groups is 1. The number of amides is 1. The van der Waals surface area contributed by atoms with E-state index in [-0.39, 0.29) is 35.5 Å². The first-order chi connectivity index (χ1) is 15.6. The highest BCUT2D eigenvalue weighted by Crippen LogP contribution is 2.35. The van der Waals surface area contributed by atoms with Gasteiger partial charge < -0.3 is 14.5 Å². The van der Waals surface area contributed by atoms with Crippen molar-refractivity contribution in [2.24, 2.45) is 5.92 Å². The summed E-state index contributed by atoms with van der Waals surface area (Å²) >= 11 is 0. The fourth-order valence-electron chi connectivity index (χ4n) is 3.15. The Balaban J connectivity index is 0.000000479. The number of anilines is 1. The number of hydrogen-bond donors (Lipinski definition) is 3. The Morgan fingerprint density at radius 2 is 2.06 bits per heavy atom. The highest BCUT2D eigenvalue weighted by atomic mass is 31.1. The molecule has 1 aliphatic heterocycles. The molecule has 3 N–H and O–H groups in total. The summed E-state index contributed by atoms with van der Waals surface area (Å²) in [6.07, 6.45) is -2.95. The number of fused-ring (bicyclic) bond motifs is 1. The van der Waals surface area contributed by atoms with Gasteiger partial charge in [0.25, 0.3) is 5.56 Å². The van der Waals surface area contributed by atoms with E-state index in [9.17, 15) is 18.5 Å². The lowest BCUT2D eigenvalue weighted by atomic mass is 10.2. The van der Waals surface area contributed by atoms with Gasteiger partial charge in [-0.05, 0) is 19.6 Å². The number of nitrogens with one attached hydrogen (secondary N) is 2. The molecule has 3 heterocycles. The second kappa shape index (κ2) is 12.3. The number of imidazole rings is 1. The van der Waals surface area contributed by atoms with Gasteiger partial charge in [-0.3, -0.25) is 33.5 Å². The summed E-state index contributed by atoms with van der Waals surface area (Å²) < 4.78 is 36.2. The SMILES string of the molecule is CC(C)C(=O)Nc1nc2c(ncn2C2OCC(F)C2O[PH](=O)O)c(=O)[nH]1.CCN(CC)CC. The van der Waals surface area contributed by atoms with E-state index in [2.05, 4.69) is 45.9 Å². The predicted octanol–water partition coefficient (Wildman–Crippen LogP) is 1.70. The standard InChI is InChI=1S/C13H17FN5O6P.C6H15N/c1-5(2)10(20)17-13-16-9-7(11(21)18-13)15-4-19(9)12-8(25-26(22)23)6(14)3-24-12;1-4-7(5-2)6-3/h4-6,8,12,26H,3H2,1-2H3,(H,22,23)(H2,16,17,18,20,21);4-6H2,1-3H3. The minimum atomic E-state index is -3.42. The molecule has 14 heteroatoms. The number of aromatic amines is 1. The fourth-order valence-corrected chi connectivity index (χ4v) is 3.65. The molecule has 2 aromatic heterocycles. The number of H-pyrrole nitrogens is 1. The molecule has 0 spiro atoms. The van der Waals surface area contributed by atoms with Gasteiger partial charge in [-0.15, -0.1) is 0 Å². The van der Waals surface area contributed by atoms with Gasteiger partial charge in [0.1, 0.15) is 6.10 Å². The maximum absolute atomic E-state index is 13.9. The molecular weight excluding hydrogens is 458 g/mol. The maximum atomic E-state index is 13.9. The van der Waals surface area contributed by atoms with Crippen molar-refractivity contribution in [3.8, 4) is 0 Å². The molecular formula is C19H32FN6O6P. The molecule has 12 nitrogen and oxygen atoms in total. The number of rotatable bonds is 8. The molecule has 0 radical (unpaired) electrons. The Kier molecular flexibility index (Phi) is 10.1. The quantitative estimate of drug-likeness (QED) is 0.470. The van der Waals surface area contributed by atoms with Crippen molar-refractivity contribution in [2.75, 3.05) is 31.6 Å². The van der Waals surface area contributed by atoms with Gasteiger partial charge >= 0.3 is 8.25 Å². The third-order valence-electron chi connectivity index (χ3n) is 5.11. The molecule has 0 saturated carbocycles. The Morgan fingerprint density at radius 1 is 1.42 bits per heavy atom. The molecule has 1 amide bonds. The molecule has 1 fully saturated rings. The van der Waals surface area contributed by atoms with Crippen LogP contribution in [0.5, 0.6) is 0 Å². The Hall–Kier alpha value is -2.18. The van der Waals surface area contributed by atoms with Gasteiger partial charge in [0.05, 0.1) is 12.9 Å². The van der Waals surface area contributed by atoms with E-state index >= 15 is 0 Å². The smallest absolute Gasteiger partial charge is 0.317 e. The second-order valence-electron chi connectivity index (χ2n) is 7.59. The molecule has 33 heavy (non-hydrogen) atoms. The summed E-state index contributed by atoms with van der Waals surface area (Å²) in [6.45, 7) is 13.1. The van der Waals surface area contributed by atoms with Crippen molar-refractivity contribution in [1.29, 1.82) is 0 Å². The minimum absolute atomic E-state index is 0.0121. The van der Waals surface area contributed by atoms with Crippen LogP contribution in [0.1, 0.15) is 40.8 Å². The van der Waals surface area contributed by atoms with Crippen molar-refractivity contribution in [3.05, 3.63) is 16.7 Å². The van der Waals surface area contributed by atoms with E-state index < -0.39 is 32.3 Å². The largest absolute Gasteiger partial charge is 0.352 e. The zero-order chi connectivity index (χ0) is 24.7. The molecule has 4 atom stereocenters. The molecule has 0 aliphatic carbocycles. The van der Waals surface area contributed by atoms with Gasteiger partial charge in [-0.2, -0.15) is 4.98 Å². The van der Waals surface area contributed by atoms with Gasteiger partial charge in [-0.1, -0.05) is 34.6 Å². The van der Waals surface area contributed by atoms with E-state index in [0.29, 0.717) is 0 Å². The third-order valence-corrected chi connectivity index (χ3v) is 5.59. The van der Waals surface area contributed by atoms with Crippen LogP contribution in [-0.2, 0) is 18.6 Å². The fraction of sp³-hybridized carbons (Fsp3) is 0.684.